The van der Waals surface area contributed by atoms with E-state index in [4.69, 9.17) is 14.7 Å². The molecule has 2 heterocycles. The standard InChI is InChI=1S/C22H22N4O2/c1-28-22(27)17-9-11-18(12-10-17)23-19-15-20(26-13-5-6-14-26)25-21(24-19)16-7-3-2-4-8-16/h2-4,7-12,15H,5-6,13-14H2,1H3,(H,23,24,25). The maximum atomic E-state index is 11.6. The predicted molar refractivity (Wildman–Crippen MR) is 110 cm³/mol. The van der Waals surface area contributed by atoms with Gasteiger partial charge in [-0.05, 0) is 37.1 Å². The third kappa shape index (κ3) is 3.96. The number of nitrogens with one attached hydrogen (secondary N) is 1. The van der Waals surface area contributed by atoms with Crippen LogP contribution in [0.2, 0.25) is 0 Å². The lowest BCUT2D eigenvalue weighted by molar-refractivity contribution is 0.0601. The highest BCUT2D eigenvalue weighted by molar-refractivity contribution is 5.89. The number of methoxy groups -OCH3 is 1. The second-order valence-corrected chi connectivity index (χ2v) is 6.69. The zero-order chi connectivity index (χ0) is 19.3. The molecule has 1 N–H and O–H groups in total. The molecule has 1 aliphatic heterocycles. The first-order valence-electron chi connectivity index (χ1n) is 9.38. The van der Waals surface area contributed by atoms with Gasteiger partial charge in [0, 0.05) is 30.4 Å². The molecule has 0 atom stereocenters. The van der Waals surface area contributed by atoms with Gasteiger partial charge in [-0.1, -0.05) is 30.3 Å². The summed E-state index contributed by atoms with van der Waals surface area (Å²) in [5.74, 6) is 2.00. The molecule has 28 heavy (non-hydrogen) atoms. The average molecular weight is 374 g/mol. The normalized spacial score (nSPS) is 13.4. The Morgan fingerprint density at radius 2 is 1.71 bits per heavy atom. The highest BCUT2D eigenvalue weighted by Gasteiger charge is 2.16. The molecule has 0 unspecified atom stereocenters. The summed E-state index contributed by atoms with van der Waals surface area (Å²) in [6.07, 6.45) is 2.37. The van der Waals surface area contributed by atoms with E-state index in [0.717, 1.165) is 36.0 Å². The number of hydrogen-bond acceptors (Lipinski definition) is 6. The van der Waals surface area contributed by atoms with Gasteiger partial charge in [-0.15, -0.1) is 0 Å². The number of hydrogen-bond donors (Lipinski definition) is 1. The monoisotopic (exact) mass is 374 g/mol. The molecule has 2 aromatic carbocycles. The first-order valence-corrected chi connectivity index (χ1v) is 9.38. The van der Waals surface area contributed by atoms with Crippen LogP contribution in [-0.2, 0) is 4.74 Å². The summed E-state index contributed by atoms with van der Waals surface area (Å²) in [5.41, 5.74) is 2.34. The summed E-state index contributed by atoms with van der Waals surface area (Å²) >= 11 is 0. The molecule has 1 aliphatic rings. The lowest BCUT2D eigenvalue weighted by Crippen LogP contribution is -2.19. The zero-order valence-corrected chi connectivity index (χ0v) is 15.8. The van der Waals surface area contributed by atoms with Gasteiger partial charge < -0.3 is 15.0 Å². The molecule has 1 saturated heterocycles. The van der Waals surface area contributed by atoms with Gasteiger partial charge >= 0.3 is 5.97 Å². The predicted octanol–water partition coefficient (Wildman–Crippen LogP) is 4.27. The number of ether oxygens (including phenoxy) is 1. The third-order valence-electron chi connectivity index (χ3n) is 4.75. The molecule has 0 saturated carbocycles. The summed E-state index contributed by atoms with van der Waals surface area (Å²) in [4.78, 5) is 23.4. The number of carbonyl (C=O) groups is 1. The molecule has 1 fully saturated rings. The number of benzene rings is 2. The molecule has 0 spiro atoms. The Kier molecular flexibility index (Phi) is 5.19. The lowest BCUT2D eigenvalue weighted by Gasteiger charge is -2.18. The second kappa shape index (κ2) is 8.08. The number of nitrogens with zero attached hydrogens (tertiary/aromatic N) is 3. The summed E-state index contributed by atoms with van der Waals surface area (Å²) in [5, 5.41) is 3.33. The van der Waals surface area contributed by atoms with E-state index in [2.05, 4.69) is 10.2 Å². The number of esters is 1. The van der Waals surface area contributed by atoms with Gasteiger partial charge in [0.15, 0.2) is 5.82 Å². The minimum atomic E-state index is -0.351. The molecule has 4 rings (SSSR count). The Labute approximate surface area is 164 Å². The van der Waals surface area contributed by atoms with Crippen LogP contribution in [-0.4, -0.2) is 36.1 Å². The van der Waals surface area contributed by atoms with Crippen molar-refractivity contribution in [3.63, 3.8) is 0 Å². The van der Waals surface area contributed by atoms with Crippen LogP contribution in [0.1, 0.15) is 23.2 Å². The van der Waals surface area contributed by atoms with Gasteiger partial charge in [-0.25, -0.2) is 14.8 Å². The van der Waals surface area contributed by atoms with Crippen LogP contribution in [0.5, 0.6) is 0 Å². The molecular weight excluding hydrogens is 352 g/mol. The zero-order valence-electron chi connectivity index (χ0n) is 15.8. The molecule has 0 radical (unpaired) electrons. The summed E-state index contributed by atoms with van der Waals surface area (Å²) in [6.45, 7) is 2.02. The lowest BCUT2D eigenvalue weighted by atomic mass is 10.2. The first-order chi connectivity index (χ1) is 13.7. The Bertz CT molecular complexity index is 952. The largest absolute Gasteiger partial charge is 0.465 e. The molecule has 3 aromatic rings. The van der Waals surface area contributed by atoms with E-state index in [-0.39, 0.29) is 5.97 Å². The van der Waals surface area contributed by atoms with Crippen molar-refractivity contribution in [1.29, 1.82) is 0 Å². The first kappa shape index (κ1) is 18.0. The van der Waals surface area contributed by atoms with E-state index in [1.807, 2.05) is 48.5 Å². The van der Waals surface area contributed by atoms with Crippen LogP contribution in [0, 0.1) is 0 Å². The van der Waals surface area contributed by atoms with Crippen molar-refractivity contribution in [3.8, 4) is 11.4 Å². The molecule has 0 bridgehead atoms. The number of anilines is 3. The Morgan fingerprint density at radius 3 is 2.39 bits per heavy atom. The van der Waals surface area contributed by atoms with Crippen LogP contribution in [0.25, 0.3) is 11.4 Å². The topological polar surface area (TPSA) is 67.3 Å². The minimum absolute atomic E-state index is 0.351. The highest BCUT2D eigenvalue weighted by atomic mass is 16.5. The quantitative estimate of drug-likeness (QED) is 0.673. The second-order valence-electron chi connectivity index (χ2n) is 6.69. The van der Waals surface area contributed by atoms with Gasteiger partial charge in [0.05, 0.1) is 12.7 Å². The van der Waals surface area contributed by atoms with E-state index in [1.165, 1.54) is 20.0 Å². The highest BCUT2D eigenvalue weighted by Crippen LogP contribution is 2.26. The Morgan fingerprint density at radius 1 is 1.00 bits per heavy atom. The van der Waals surface area contributed by atoms with Gasteiger partial charge in [0.1, 0.15) is 11.6 Å². The molecule has 142 valence electrons. The van der Waals surface area contributed by atoms with E-state index in [9.17, 15) is 4.79 Å². The number of carbonyl (C=O) groups excluding carboxylic acids is 1. The Hall–Kier alpha value is -3.41. The summed E-state index contributed by atoms with van der Waals surface area (Å²) < 4.78 is 4.75. The van der Waals surface area contributed by atoms with Gasteiger partial charge in [0.2, 0.25) is 0 Å². The van der Waals surface area contributed by atoms with E-state index < -0.39 is 0 Å². The fourth-order valence-electron chi connectivity index (χ4n) is 3.28. The SMILES string of the molecule is COC(=O)c1ccc(Nc2cc(N3CCCC3)nc(-c3ccccc3)n2)cc1. The van der Waals surface area contributed by atoms with Gasteiger partial charge in [0.25, 0.3) is 0 Å². The molecule has 6 heteroatoms. The van der Waals surface area contributed by atoms with Crippen LogP contribution >= 0.6 is 0 Å². The van der Waals surface area contributed by atoms with Crippen molar-refractivity contribution in [1.82, 2.24) is 9.97 Å². The van der Waals surface area contributed by atoms with Crippen molar-refractivity contribution in [2.75, 3.05) is 30.4 Å². The summed E-state index contributed by atoms with van der Waals surface area (Å²) in [7, 11) is 1.38. The third-order valence-corrected chi connectivity index (χ3v) is 4.75. The summed E-state index contributed by atoms with van der Waals surface area (Å²) in [6, 6.07) is 19.1. The molecule has 6 nitrogen and oxygen atoms in total. The molecule has 0 amide bonds. The Balaban J connectivity index is 1.65. The number of rotatable bonds is 5. The van der Waals surface area contributed by atoms with E-state index >= 15 is 0 Å². The van der Waals surface area contributed by atoms with Crippen LogP contribution in [0.3, 0.4) is 0 Å². The van der Waals surface area contributed by atoms with E-state index in [1.54, 1.807) is 12.1 Å². The molecule has 1 aromatic heterocycles. The van der Waals surface area contributed by atoms with Crippen LogP contribution in [0.15, 0.2) is 60.7 Å². The average Bonchev–Trinajstić information content (AvgIpc) is 3.29. The maximum Gasteiger partial charge on any atom is 0.337 e. The van der Waals surface area contributed by atoms with Crippen molar-refractivity contribution in [2.24, 2.45) is 0 Å². The van der Waals surface area contributed by atoms with Crippen molar-refractivity contribution < 1.29 is 9.53 Å². The molecular formula is C22H22N4O2. The van der Waals surface area contributed by atoms with Crippen molar-refractivity contribution in [2.45, 2.75) is 12.8 Å². The minimum Gasteiger partial charge on any atom is -0.465 e. The van der Waals surface area contributed by atoms with Gasteiger partial charge in [-0.3, -0.25) is 0 Å². The van der Waals surface area contributed by atoms with E-state index in [0.29, 0.717) is 11.4 Å². The van der Waals surface area contributed by atoms with Crippen molar-refractivity contribution in [3.05, 3.63) is 66.2 Å². The smallest absolute Gasteiger partial charge is 0.337 e. The van der Waals surface area contributed by atoms with Crippen molar-refractivity contribution >= 4 is 23.3 Å². The molecule has 0 aliphatic carbocycles. The fourth-order valence-corrected chi connectivity index (χ4v) is 3.28. The van der Waals surface area contributed by atoms with Gasteiger partial charge in [-0.2, -0.15) is 0 Å². The maximum absolute atomic E-state index is 11.6. The number of aromatic nitrogens is 2. The van der Waals surface area contributed by atoms with Crippen LogP contribution in [0.4, 0.5) is 17.3 Å². The van der Waals surface area contributed by atoms with Crippen LogP contribution < -0.4 is 10.2 Å². The fraction of sp³-hybridized carbons (Fsp3) is 0.227.